The van der Waals surface area contributed by atoms with Gasteiger partial charge in [0, 0.05) is 75.3 Å². The first kappa shape index (κ1) is 89.2. The van der Waals surface area contributed by atoms with Gasteiger partial charge in [-0.25, -0.2) is 0 Å². The number of Topliss-reactive ketones (excluding diaryl/α,β-unsaturated/α-hetero) is 1. The molecular formula is C69H132N2O12S4. The Morgan fingerprint density at radius 1 is 0.356 bits per heavy atom. The van der Waals surface area contributed by atoms with E-state index in [1.54, 1.807) is 20.1 Å². The van der Waals surface area contributed by atoms with Crippen LogP contribution in [0.15, 0.2) is 12.2 Å². The summed E-state index contributed by atoms with van der Waals surface area (Å²) in [5, 5.41) is 23.3. The minimum atomic E-state index is -0.183. The van der Waals surface area contributed by atoms with Gasteiger partial charge in [-0.05, 0) is 101 Å². The molecule has 4 N–H and O–H groups in total. The van der Waals surface area contributed by atoms with E-state index in [-0.39, 0.29) is 48.7 Å². The Morgan fingerprint density at radius 2 is 0.690 bits per heavy atom. The summed E-state index contributed by atoms with van der Waals surface area (Å²) in [4.78, 5) is 69.1. The summed E-state index contributed by atoms with van der Waals surface area (Å²) in [6.45, 7) is 9.78. The number of ketones is 1. The normalized spacial score (nSPS) is 11.0. The Balaban J connectivity index is -0.00000126. The quantitative estimate of drug-likeness (QED) is 0.0194. The Bertz CT molecular complexity index is 1480. The van der Waals surface area contributed by atoms with Crippen molar-refractivity contribution >= 4 is 82.6 Å². The molecule has 0 heterocycles. The SMILES string of the molecule is CCCCCC(=O)OCCCNC(=O)CCCCCCCCCCSCCOC.CCCCCCCSCCOC(=O)C/C=C/CCC(C)=O.O=C(CCCCCCCCCCSCCO)NCCCOC(=O)CCCCCCCCCCSCCO. The highest BCUT2D eigenvalue weighted by atomic mass is 32.2. The largest absolute Gasteiger partial charge is 0.466 e. The molecule has 14 nitrogen and oxygen atoms in total. The second kappa shape index (κ2) is 80.1. The van der Waals surface area contributed by atoms with Gasteiger partial charge in [-0.1, -0.05) is 180 Å². The molecule has 0 radical (unpaired) electrons. The minimum Gasteiger partial charge on any atom is -0.466 e. The first-order valence-corrected chi connectivity index (χ1v) is 39.4. The number of aliphatic hydroxyl groups is 2. The monoisotopic (exact) mass is 1310 g/mol. The minimum absolute atomic E-state index is 0.104. The topological polar surface area (TPSA) is 204 Å². The molecule has 0 aromatic carbocycles. The highest BCUT2D eigenvalue weighted by Crippen LogP contribution is 2.16. The van der Waals surface area contributed by atoms with Crippen molar-refractivity contribution in [3.05, 3.63) is 12.2 Å². The summed E-state index contributed by atoms with van der Waals surface area (Å²) < 4.78 is 20.6. The number of thioether (sulfide) groups is 4. The molecule has 0 rings (SSSR count). The van der Waals surface area contributed by atoms with Crippen LogP contribution in [-0.2, 0) is 47.7 Å². The van der Waals surface area contributed by atoms with Crippen LogP contribution in [0.4, 0.5) is 0 Å². The van der Waals surface area contributed by atoms with E-state index in [4.69, 9.17) is 29.2 Å². The molecule has 0 atom stereocenters. The fourth-order valence-electron chi connectivity index (χ4n) is 8.79. The van der Waals surface area contributed by atoms with Gasteiger partial charge in [-0.2, -0.15) is 47.0 Å². The molecule has 0 fully saturated rings. The molecule has 0 aliphatic rings. The lowest BCUT2D eigenvalue weighted by atomic mass is 10.1. The maximum atomic E-state index is 11.9. The van der Waals surface area contributed by atoms with Gasteiger partial charge in [0.15, 0.2) is 0 Å². The maximum Gasteiger partial charge on any atom is 0.309 e. The highest BCUT2D eigenvalue weighted by molar-refractivity contribution is 7.99. The average Bonchev–Trinajstić information content (AvgIpc) is 3.51. The van der Waals surface area contributed by atoms with Gasteiger partial charge < -0.3 is 44.6 Å². The number of hydrogen-bond acceptors (Lipinski definition) is 16. The lowest BCUT2D eigenvalue weighted by Gasteiger charge is -2.07. The molecule has 0 aliphatic carbocycles. The zero-order valence-electron chi connectivity index (χ0n) is 56.1. The molecular weight excluding hydrogens is 1180 g/mol. The number of esters is 3. The van der Waals surface area contributed by atoms with E-state index in [1.165, 1.54) is 153 Å². The van der Waals surface area contributed by atoms with Gasteiger partial charge >= 0.3 is 17.9 Å². The van der Waals surface area contributed by atoms with Gasteiger partial charge in [0.05, 0.1) is 39.5 Å². The molecule has 18 heteroatoms. The second-order valence-electron chi connectivity index (χ2n) is 22.5. The maximum absolute atomic E-state index is 11.9. The second-order valence-corrected chi connectivity index (χ2v) is 27.4. The Morgan fingerprint density at radius 3 is 1.08 bits per heavy atom. The molecule has 0 saturated heterocycles. The van der Waals surface area contributed by atoms with Gasteiger partial charge in [0.1, 0.15) is 12.4 Å². The molecule has 87 heavy (non-hydrogen) atoms. The average molecular weight is 1310 g/mol. The van der Waals surface area contributed by atoms with E-state index in [0.29, 0.717) is 90.7 Å². The summed E-state index contributed by atoms with van der Waals surface area (Å²) in [5.74, 6) is 8.40. The highest BCUT2D eigenvalue weighted by Gasteiger charge is 2.07. The predicted molar refractivity (Wildman–Crippen MR) is 375 cm³/mol. The van der Waals surface area contributed by atoms with Gasteiger partial charge in [0.25, 0.3) is 0 Å². The zero-order chi connectivity index (χ0) is 64.3. The number of unbranched alkanes of at least 4 members (excludes halogenated alkanes) is 27. The molecule has 0 aromatic rings. The van der Waals surface area contributed by atoms with Crippen molar-refractivity contribution in [3.63, 3.8) is 0 Å². The summed E-state index contributed by atoms with van der Waals surface area (Å²) in [7, 11) is 1.75. The number of rotatable bonds is 66. The number of nitrogens with one attached hydrogen (secondary N) is 2. The van der Waals surface area contributed by atoms with Crippen molar-refractivity contribution in [2.75, 3.05) is 106 Å². The van der Waals surface area contributed by atoms with E-state index in [0.717, 1.165) is 105 Å². The third-order valence-corrected chi connectivity index (χ3v) is 18.2. The summed E-state index contributed by atoms with van der Waals surface area (Å²) in [6, 6.07) is 0. The van der Waals surface area contributed by atoms with Crippen LogP contribution in [0.3, 0.4) is 0 Å². The van der Waals surface area contributed by atoms with Crippen LogP contribution in [0.2, 0.25) is 0 Å². The van der Waals surface area contributed by atoms with Gasteiger partial charge in [0.2, 0.25) is 11.8 Å². The lowest BCUT2D eigenvalue weighted by molar-refractivity contribution is -0.144. The molecule has 0 aromatic heterocycles. The fraction of sp³-hybridized carbons (Fsp3) is 0.884. The van der Waals surface area contributed by atoms with Gasteiger partial charge in [-0.3, -0.25) is 24.0 Å². The number of methoxy groups -OCH3 is 1. The van der Waals surface area contributed by atoms with Gasteiger partial charge in [-0.15, -0.1) is 0 Å². The molecule has 2 amide bonds. The number of carbonyl (C=O) groups excluding carboxylic acids is 6. The summed E-state index contributed by atoms with van der Waals surface area (Å²) >= 11 is 7.50. The molecule has 0 aliphatic heterocycles. The number of carbonyl (C=O) groups is 6. The van der Waals surface area contributed by atoms with E-state index < -0.39 is 0 Å². The van der Waals surface area contributed by atoms with Crippen molar-refractivity contribution in [2.24, 2.45) is 0 Å². The summed E-state index contributed by atoms with van der Waals surface area (Å²) in [5.41, 5.74) is 0. The fourth-order valence-corrected chi connectivity index (χ4v) is 12.0. The molecule has 514 valence electrons. The van der Waals surface area contributed by atoms with Crippen molar-refractivity contribution in [2.45, 2.75) is 284 Å². The zero-order valence-corrected chi connectivity index (χ0v) is 59.3. The van der Waals surface area contributed by atoms with Crippen molar-refractivity contribution in [1.29, 1.82) is 0 Å². The first-order valence-electron chi connectivity index (χ1n) is 34.7. The standard InChI is InChI=1S/C29H57NO5S2.C23H45NO4S.C17H30O3S/c31-21-26-36-24-15-11-7-3-1-5-9-13-18-28(33)30-20-17-23-35-29(34)19-14-10-6-2-4-8-12-16-25-37-27-22-32;1-3-4-11-16-23(26)28-18-14-17-24-22(25)15-12-9-7-5-6-8-10-13-20-29-21-19-27-2;1-3-4-5-6-10-14-21-15-13-20-17(19)12-9-7-8-11-16(2)18/h31-32H,1-27H2,(H,30,33);3-21H2,1-2H3,(H,24,25);7,9H,3-6,8,10-15H2,1-2H3/b;;9-7+. The van der Waals surface area contributed by atoms with E-state index in [1.807, 2.05) is 53.1 Å². The molecule has 0 saturated carbocycles. The Hall–Kier alpha value is -1.96. The van der Waals surface area contributed by atoms with Crippen molar-refractivity contribution in [1.82, 2.24) is 10.6 Å². The van der Waals surface area contributed by atoms with E-state index >= 15 is 0 Å². The smallest absolute Gasteiger partial charge is 0.309 e. The number of hydrogen-bond donors (Lipinski definition) is 4. The first-order chi connectivity index (χ1) is 42.6. The van der Waals surface area contributed by atoms with Crippen LogP contribution in [0, 0.1) is 0 Å². The number of amides is 2. The third-order valence-electron chi connectivity index (χ3n) is 14.0. The van der Waals surface area contributed by atoms with Crippen LogP contribution < -0.4 is 10.6 Å². The van der Waals surface area contributed by atoms with Crippen molar-refractivity contribution in [3.8, 4) is 0 Å². The van der Waals surface area contributed by atoms with Crippen LogP contribution in [-0.4, -0.2) is 152 Å². The summed E-state index contributed by atoms with van der Waals surface area (Å²) in [6.07, 6.45) is 47.4. The number of allylic oxidation sites excluding steroid dienone is 1. The molecule has 0 unspecified atom stereocenters. The molecule has 0 bridgehead atoms. The third kappa shape index (κ3) is 86.1. The predicted octanol–water partition coefficient (Wildman–Crippen LogP) is 16.6. The van der Waals surface area contributed by atoms with Crippen LogP contribution in [0.25, 0.3) is 0 Å². The van der Waals surface area contributed by atoms with Crippen LogP contribution >= 0.6 is 47.0 Å². The number of ether oxygens (including phenoxy) is 4. The van der Waals surface area contributed by atoms with Crippen molar-refractivity contribution < 1.29 is 57.9 Å². The lowest BCUT2D eigenvalue weighted by Crippen LogP contribution is -2.25. The Labute approximate surface area is 549 Å². The van der Waals surface area contributed by atoms with Crippen LogP contribution in [0.1, 0.15) is 284 Å². The number of aliphatic hydroxyl groups excluding tert-OH is 2. The Kier molecular flexibility index (Phi) is 82.2. The van der Waals surface area contributed by atoms with E-state index in [2.05, 4.69) is 24.5 Å². The van der Waals surface area contributed by atoms with E-state index in [9.17, 15) is 28.8 Å². The van der Waals surface area contributed by atoms with Crippen LogP contribution in [0.5, 0.6) is 0 Å². The molecule has 0 spiro atoms.